The molecular weight excluding hydrogens is 238 g/mol. The van der Waals surface area contributed by atoms with Crippen molar-refractivity contribution < 1.29 is 18.6 Å². The molecule has 0 N–H and O–H groups in total. The number of rotatable bonds is 4. The van der Waals surface area contributed by atoms with E-state index in [2.05, 4.69) is 15.3 Å². The van der Waals surface area contributed by atoms with Gasteiger partial charge in [0.05, 0.1) is 6.61 Å². The normalized spacial score (nSPS) is 14.7. The fourth-order valence-corrected chi connectivity index (χ4v) is 1.56. The molecular formula is C11H11N3O4. The highest BCUT2D eigenvalue weighted by atomic mass is 16.5. The van der Waals surface area contributed by atoms with Crippen LogP contribution in [0, 0.1) is 0 Å². The number of hydrogen-bond acceptors (Lipinski definition) is 7. The van der Waals surface area contributed by atoms with Gasteiger partial charge in [0.15, 0.2) is 5.69 Å². The van der Waals surface area contributed by atoms with Crippen molar-refractivity contribution in [2.45, 2.75) is 25.7 Å². The summed E-state index contributed by atoms with van der Waals surface area (Å²) in [5.41, 5.74) is 0.444. The summed E-state index contributed by atoms with van der Waals surface area (Å²) >= 11 is 0. The molecule has 2 aromatic heterocycles. The summed E-state index contributed by atoms with van der Waals surface area (Å²) in [4.78, 5) is 15.3. The summed E-state index contributed by atoms with van der Waals surface area (Å²) in [6.07, 6.45) is 2.24. The first kappa shape index (κ1) is 10.9. The molecule has 1 aliphatic rings. The molecule has 3 rings (SSSR count). The van der Waals surface area contributed by atoms with Gasteiger partial charge in [-0.1, -0.05) is 5.16 Å². The van der Waals surface area contributed by atoms with Gasteiger partial charge in [0, 0.05) is 12.0 Å². The van der Waals surface area contributed by atoms with Crippen LogP contribution in [0.1, 0.15) is 42.1 Å². The lowest BCUT2D eigenvalue weighted by atomic mass is 10.3. The molecule has 94 valence electrons. The number of carbonyl (C=O) groups is 1. The minimum absolute atomic E-state index is 0.108. The molecule has 0 atom stereocenters. The maximum Gasteiger partial charge on any atom is 0.379 e. The van der Waals surface area contributed by atoms with E-state index in [1.165, 1.54) is 0 Å². The van der Waals surface area contributed by atoms with E-state index in [9.17, 15) is 4.79 Å². The quantitative estimate of drug-likeness (QED) is 0.762. The van der Waals surface area contributed by atoms with Crippen LogP contribution in [-0.2, 0) is 4.74 Å². The van der Waals surface area contributed by atoms with Crippen LogP contribution in [0.5, 0.6) is 0 Å². The maximum atomic E-state index is 11.4. The summed E-state index contributed by atoms with van der Waals surface area (Å²) in [5.74, 6) is 0.717. The second-order valence-electron chi connectivity index (χ2n) is 4.03. The number of nitrogens with zero attached hydrogens (tertiary/aromatic N) is 3. The van der Waals surface area contributed by atoms with E-state index >= 15 is 0 Å². The van der Waals surface area contributed by atoms with Crippen molar-refractivity contribution in [2.24, 2.45) is 0 Å². The summed E-state index contributed by atoms with van der Waals surface area (Å²) in [7, 11) is 0. The van der Waals surface area contributed by atoms with Crippen molar-refractivity contribution >= 4 is 5.97 Å². The fourth-order valence-electron chi connectivity index (χ4n) is 1.56. The Hall–Kier alpha value is -2.18. The zero-order chi connectivity index (χ0) is 12.5. The molecule has 0 unspecified atom stereocenters. The Balaban J connectivity index is 1.80. The van der Waals surface area contributed by atoms with Crippen LogP contribution in [0.15, 0.2) is 15.1 Å². The smallest absolute Gasteiger partial charge is 0.379 e. The van der Waals surface area contributed by atoms with Crippen LogP contribution in [0.25, 0.3) is 11.6 Å². The molecule has 0 radical (unpaired) electrons. The molecule has 0 amide bonds. The third kappa shape index (κ3) is 1.99. The Labute approximate surface area is 102 Å². The first-order valence-corrected chi connectivity index (χ1v) is 5.75. The molecule has 18 heavy (non-hydrogen) atoms. The van der Waals surface area contributed by atoms with E-state index in [0.717, 1.165) is 18.6 Å². The summed E-state index contributed by atoms with van der Waals surface area (Å²) < 4.78 is 14.9. The average molecular weight is 249 g/mol. The molecule has 7 nitrogen and oxygen atoms in total. The van der Waals surface area contributed by atoms with Gasteiger partial charge in [0.2, 0.25) is 0 Å². The highest BCUT2D eigenvalue weighted by Gasteiger charge is 2.29. The standard InChI is InChI=1S/C11H11N3O4/c1-2-16-11(15)9-12-10(18-14-9)7-5-8(17-13-7)6-3-4-6/h5-6H,2-4H2,1H3. The molecule has 1 aliphatic carbocycles. The lowest BCUT2D eigenvalue weighted by Crippen LogP contribution is -2.06. The summed E-state index contributed by atoms with van der Waals surface area (Å²) in [6.45, 7) is 1.97. The summed E-state index contributed by atoms with van der Waals surface area (Å²) in [6, 6.07) is 1.76. The second-order valence-corrected chi connectivity index (χ2v) is 4.03. The van der Waals surface area contributed by atoms with E-state index in [1.54, 1.807) is 13.0 Å². The molecule has 7 heteroatoms. The molecule has 1 fully saturated rings. The molecule has 0 saturated heterocycles. The van der Waals surface area contributed by atoms with Crippen molar-refractivity contribution in [3.63, 3.8) is 0 Å². The number of aromatic nitrogens is 3. The Morgan fingerprint density at radius 3 is 3.00 bits per heavy atom. The van der Waals surface area contributed by atoms with E-state index < -0.39 is 5.97 Å². The van der Waals surface area contributed by atoms with Crippen LogP contribution in [-0.4, -0.2) is 27.9 Å². The lowest BCUT2D eigenvalue weighted by Gasteiger charge is -1.93. The van der Waals surface area contributed by atoms with E-state index in [1.807, 2.05) is 0 Å². The average Bonchev–Trinajstić information content (AvgIpc) is 2.93. The zero-order valence-corrected chi connectivity index (χ0v) is 9.75. The van der Waals surface area contributed by atoms with Crippen LogP contribution < -0.4 is 0 Å². The Morgan fingerprint density at radius 2 is 2.28 bits per heavy atom. The second kappa shape index (κ2) is 4.25. The highest BCUT2D eigenvalue weighted by Crippen LogP contribution is 2.41. The molecule has 2 aromatic rings. The van der Waals surface area contributed by atoms with E-state index in [-0.39, 0.29) is 18.3 Å². The van der Waals surface area contributed by atoms with Gasteiger partial charge >= 0.3 is 5.97 Å². The Kier molecular flexibility index (Phi) is 2.58. The first-order chi connectivity index (χ1) is 8.78. The number of esters is 1. The minimum Gasteiger partial charge on any atom is -0.460 e. The van der Waals surface area contributed by atoms with Gasteiger partial charge in [0.25, 0.3) is 11.7 Å². The maximum absolute atomic E-state index is 11.4. The minimum atomic E-state index is -0.613. The third-order valence-electron chi connectivity index (χ3n) is 2.61. The Bertz CT molecular complexity index is 570. The number of ether oxygens (including phenoxy) is 1. The van der Waals surface area contributed by atoms with Gasteiger partial charge in [-0.25, -0.2) is 4.79 Å². The van der Waals surface area contributed by atoms with Gasteiger partial charge in [0.1, 0.15) is 5.76 Å². The van der Waals surface area contributed by atoms with Gasteiger partial charge < -0.3 is 13.8 Å². The number of hydrogen-bond donors (Lipinski definition) is 0. The number of carbonyl (C=O) groups excluding carboxylic acids is 1. The van der Waals surface area contributed by atoms with E-state index in [0.29, 0.717) is 11.6 Å². The predicted octanol–water partition coefficient (Wildman–Crippen LogP) is 1.78. The van der Waals surface area contributed by atoms with Gasteiger partial charge in [-0.05, 0) is 24.9 Å². The summed E-state index contributed by atoms with van der Waals surface area (Å²) in [5, 5.41) is 7.38. The fraction of sp³-hybridized carbons (Fsp3) is 0.455. The molecule has 0 aromatic carbocycles. The van der Waals surface area contributed by atoms with Gasteiger partial charge in [-0.15, -0.1) is 0 Å². The predicted molar refractivity (Wildman–Crippen MR) is 57.7 cm³/mol. The van der Waals surface area contributed by atoms with Gasteiger partial charge in [-0.2, -0.15) is 4.98 Å². The van der Waals surface area contributed by atoms with Crippen LogP contribution in [0.2, 0.25) is 0 Å². The molecule has 1 saturated carbocycles. The monoisotopic (exact) mass is 249 g/mol. The molecule has 0 aliphatic heterocycles. The SMILES string of the molecule is CCOC(=O)c1noc(-c2cc(C3CC3)on2)n1. The van der Waals surface area contributed by atoms with E-state index in [4.69, 9.17) is 13.8 Å². The van der Waals surface area contributed by atoms with Gasteiger partial charge in [-0.3, -0.25) is 0 Å². The van der Waals surface area contributed by atoms with Crippen molar-refractivity contribution in [2.75, 3.05) is 6.61 Å². The molecule has 2 heterocycles. The first-order valence-electron chi connectivity index (χ1n) is 5.75. The van der Waals surface area contributed by atoms with Crippen molar-refractivity contribution in [3.05, 3.63) is 17.7 Å². The zero-order valence-electron chi connectivity index (χ0n) is 9.75. The van der Waals surface area contributed by atoms with Crippen LogP contribution in [0.3, 0.4) is 0 Å². The van der Waals surface area contributed by atoms with Crippen molar-refractivity contribution in [1.82, 2.24) is 15.3 Å². The van der Waals surface area contributed by atoms with Crippen LogP contribution >= 0.6 is 0 Å². The molecule has 0 bridgehead atoms. The Morgan fingerprint density at radius 1 is 1.44 bits per heavy atom. The lowest BCUT2D eigenvalue weighted by molar-refractivity contribution is 0.0508. The topological polar surface area (TPSA) is 91.2 Å². The largest absolute Gasteiger partial charge is 0.460 e. The van der Waals surface area contributed by atoms with Crippen molar-refractivity contribution in [3.8, 4) is 11.6 Å². The van der Waals surface area contributed by atoms with Crippen molar-refractivity contribution in [1.29, 1.82) is 0 Å². The molecule has 0 spiro atoms. The van der Waals surface area contributed by atoms with Crippen LogP contribution in [0.4, 0.5) is 0 Å². The third-order valence-corrected chi connectivity index (χ3v) is 2.61. The highest BCUT2D eigenvalue weighted by molar-refractivity contribution is 5.85.